The van der Waals surface area contributed by atoms with E-state index in [9.17, 15) is 19.2 Å². The lowest BCUT2D eigenvalue weighted by molar-refractivity contribution is -0.135. The fraction of sp³-hybridized carbons (Fsp3) is 0.537. The molecule has 6 N–H and O–H groups in total. The highest BCUT2D eigenvalue weighted by atomic mass is 19.1. The average molecular weight is 977 g/mol. The SMILES string of the molecule is C#C.COC(=O)NC(C(=O)NCCCCC1Nc2ccc([C@H]3CC[C@H](c4ccc5nc([C@@H]6CCCN6C(=O)[C@@H](NC(=O)OC)C(C)C)[nH]c5c4)N3c3cc(C)c(N4CCCCC4)c(F)c3)cc2N1)C(C)C. The Morgan fingerprint density at radius 3 is 2.08 bits per heavy atom. The number of hydrogen-bond donors (Lipinski definition) is 6. The van der Waals surface area contributed by atoms with Gasteiger partial charge >= 0.3 is 12.2 Å². The number of piperidine rings is 1. The first-order valence-corrected chi connectivity index (χ1v) is 25.3. The predicted octanol–water partition coefficient (Wildman–Crippen LogP) is 9.21. The van der Waals surface area contributed by atoms with Crippen LogP contribution in [0.3, 0.4) is 0 Å². The topological polar surface area (TPSA) is 185 Å². The number of nitrogens with zero attached hydrogens (tertiary/aromatic N) is 4. The Hall–Kier alpha value is -6.70. The van der Waals surface area contributed by atoms with Crippen molar-refractivity contribution >= 4 is 57.8 Å². The zero-order chi connectivity index (χ0) is 50.9. The molecule has 8 rings (SSSR count). The van der Waals surface area contributed by atoms with Crippen molar-refractivity contribution < 1.29 is 33.0 Å². The Bertz CT molecular complexity index is 2520. The second-order valence-corrected chi connectivity index (χ2v) is 19.9. The van der Waals surface area contributed by atoms with Crippen LogP contribution in [0, 0.1) is 37.4 Å². The minimum Gasteiger partial charge on any atom is -0.453 e. The molecule has 2 unspecified atom stereocenters. The first-order valence-electron chi connectivity index (χ1n) is 25.3. The van der Waals surface area contributed by atoms with Crippen molar-refractivity contribution in [3.05, 3.63) is 76.9 Å². The summed E-state index contributed by atoms with van der Waals surface area (Å²) in [5.74, 6) is -0.0784. The van der Waals surface area contributed by atoms with E-state index in [0.717, 1.165) is 121 Å². The molecule has 3 fully saturated rings. The van der Waals surface area contributed by atoms with Crippen molar-refractivity contribution in [1.29, 1.82) is 0 Å². The van der Waals surface area contributed by atoms with Gasteiger partial charge in [-0.05, 0) is 136 Å². The number of amides is 4. The fourth-order valence-electron chi connectivity index (χ4n) is 10.9. The molecule has 0 spiro atoms. The Labute approximate surface area is 417 Å². The number of rotatable bonds is 16. The number of halogens is 1. The summed E-state index contributed by atoms with van der Waals surface area (Å²) in [5.41, 5.74) is 8.45. The number of anilines is 4. The van der Waals surface area contributed by atoms with E-state index in [4.69, 9.17) is 14.5 Å². The molecule has 3 saturated heterocycles. The standard InChI is InChI=1S/C52H71FN10O6.C2H2/c1-30(2)45(59-51(66)68-6)49(64)54-22-10-9-15-44-55-37-18-16-33(27-39(37)56-44)41-20-21-42(63(41)35-26-32(5)47(36(53)29-35)61-23-11-8-12-24-61)34-17-19-38-40(28-34)58-48(57-38)43-14-13-25-62(43)50(65)46(31(3)4)60-52(67)69-7;1-2/h16-19,26-31,41-46,55-56H,8-15,20-25H2,1-7H3,(H,54,64)(H,57,58)(H,59,66)(H,60,67);1-2H/t41-,42-,43+,44?,45?,46+;/m1./s1. The molecule has 4 aliphatic rings. The van der Waals surface area contributed by atoms with E-state index in [1.54, 1.807) is 6.07 Å². The summed E-state index contributed by atoms with van der Waals surface area (Å²) < 4.78 is 26.1. The number of benzene rings is 3. The number of fused-ring (bicyclic) bond motifs is 2. The van der Waals surface area contributed by atoms with Gasteiger partial charge in [0.25, 0.3) is 0 Å². The molecule has 0 bridgehead atoms. The minimum atomic E-state index is -0.724. The van der Waals surface area contributed by atoms with E-state index in [-0.39, 0.29) is 53.8 Å². The Morgan fingerprint density at radius 2 is 1.42 bits per heavy atom. The number of unbranched alkanes of at least 4 members (excludes halogenated alkanes) is 1. The van der Waals surface area contributed by atoms with Crippen molar-refractivity contribution in [3.63, 3.8) is 0 Å². The van der Waals surface area contributed by atoms with Gasteiger partial charge in [0.1, 0.15) is 23.7 Å². The number of likely N-dealkylation sites (tertiary alicyclic amines) is 1. The molecule has 6 atom stereocenters. The summed E-state index contributed by atoms with van der Waals surface area (Å²) >= 11 is 0. The number of ether oxygens (including phenoxy) is 2. The van der Waals surface area contributed by atoms with Gasteiger partial charge < -0.3 is 55.7 Å². The van der Waals surface area contributed by atoms with Crippen LogP contribution < -0.4 is 36.4 Å². The number of methoxy groups -OCH3 is 2. The monoisotopic (exact) mass is 977 g/mol. The number of terminal acetylenes is 1. The third-order valence-corrected chi connectivity index (χ3v) is 14.5. The Balaban J connectivity index is 0.00000366. The van der Waals surface area contributed by atoms with Gasteiger partial charge in [-0.3, -0.25) is 9.59 Å². The van der Waals surface area contributed by atoms with E-state index in [0.29, 0.717) is 18.8 Å². The van der Waals surface area contributed by atoms with Gasteiger partial charge in [-0.1, -0.05) is 39.8 Å². The molecule has 17 heteroatoms. The smallest absolute Gasteiger partial charge is 0.407 e. The molecule has 1 aromatic heterocycles. The largest absolute Gasteiger partial charge is 0.453 e. The van der Waals surface area contributed by atoms with E-state index in [1.807, 2.05) is 45.6 Å². The van der Waals surface area contributed by atoms with Crippen LogP contribution >= 0.6 is 0 Å². The number of aromatic nitrogens is 2. The molecule has 0 radical (unpaired) electrons. The maximum atomic E-state index is 16.6. The van der Waals surface area contributed by atoms with Crippen LogP contribution in [0.4, 0.5) is 36.7 Å². The molecule has 5 heterocycles. The zero-order valence-corrected chi connectivity index (χ0v) is 42.4. The molecule has 382 valence electrons. The average Bonchev–Trinajstić information content (AvgIpc) is 4.20. The van der Waals surface area contributed by atoms with Crippen LogP contribution in [-0.4, -0.2) is 97.5 Å². The second kappa shape index (κ2) is 23.5. The first kappa shape index (κ1) is 52.1. The highest BCUT2D eigenvalue weighted by Crippen LogP contribution is 2.50. The van der Waals surface area contributed by atoms with Crippen LogP contribution in [0.15, 0.2) is 48.5 Å². The lowest BCUT2D eigenvalue weighted by atomic mass is 10.0. The summed E-state index contributed by atoms with van der Waals surface area (Å²) in [6, 6.07) is 15.1. The molecule has 4 amide bonds. The number of hydrogen-bond acceptors (Lipinski definition) is 11. The van der Waals surface area contributed by atoms with Gasteiger partial charge in [-0.2, -0.15) is 0 Å². The van der Waals surface area contributed by atoms with E-state index in [2.05, 4.69) is 90.6 Å². The van der Waals surface area contributed by atoms with Crippen molar-refractivity contribution in [2.24, 2.45) is 11.8 Å². The summed E-state index contributed by atoms with van der Waals surface area (Å²) in [5, 5.41) is 15.6. The molecule has 3 aromatic carbocycles. The van der Waals surface area contributed by atoms with Crippen LogP contribution in [-0.2, 0) is 19.1 Å². The summed E-state index contributed by atoms with van der Waals surface area (Å²) in [6.07, 6.45) is 15.8. The zero-order valence-electron chi connectivity index (χ0n) is 42.4. The summed E-state index contributed by atoms with van der Waals surface area (Å²) in [6.45, 7) is 12.4. The first-order chi connectivity index (χ1) is 34.2. The third kappa shape index (κ3) is 11.7. The van der Waals surface area contributed by atoms with E-state index in [1.165, 1.54) is 20.6 Å². The van der Waals surface area contributed by atoms with Gasteiger partial charge in [0.2, 0.25) is 11.8 Å². The molecular weight excluding hydrogens is 904 g/mol. The molecule has 4 aliphatic heterocycles. The fourth-order valence-corrected chi connectivity index (χ4v) is 10.9. The van der Waals surface area contributed by atoms with Crippen LogP contribution in [0.5, 0.6) is 0 Å². The number of H-pyrrole nitrogens is 1. The van der Waals surface area contributed by atoms with Crippen molar-refractivity contribution in [2.75, 3.05) is 60.8 Å². The second-order valence-electron chi connectivity index (χ2n) is 19.9. The quantitative estimate of drug-likeness (QED) is 0.0465. The normalized spacial score (nSPS) is 20.4. The van der Waals surface area contributed by atoms with Crippen molar-refractivity contribution in [2.45, 2.75) is 135 Å². The van der Waals surface area contributed by atoms with Gasteiger partial charge in [-0.25, -0.2) is 19.0 Å². The van der Waals surface area contributed by atoms with E-state index < -0.39 is 24.3 Å². The number of carbonyl (C=O) groups is 4. The van der Waals surface area contributed by atoms with Gasteiger partial charge in [0.15, 0.2) is 0 Å². The van der Waals surface area contributed by atoms with Crippen molar-refractivity contribution in [1.82, 2.24) is 30.8 Å². The minimum absolute atomic E-state index is 0.0236. The van der Waals surface area contributed by atoms with Crippen LogP contribution in [0.2, 0.25) is 0 Å². The Morgan fingerprint density at radius 1 is 0.775 bits per heavy atom. The highest BCUT2D eigenvalue weighted by molar-refractivity contribution is 5.87. The molecule has 71 heavy (non-hydrogen) atoms. The van der Waals surface area contributed by atoms with Crippen LogP contribution in [0.25, 0.3) is 11.0 Å². The van der Waals surface area contributed by atoms with Gasteiger partial charge in [0.05, 0.1) is 66.6 Å². The number of aromatic amines is 1. The summed E-state index contributed by atoms with van der Waals surface area (Å²) in [7, 11) is 2.58. The lowest BCUT2D eigenvalue weighted by Gasteiger charge is -2.35. The molecule has 4 aromatic rings. The van der Waals surface area contributed by atoms with E-state index >= 15 is 4.39 Å². The molecule has 16 nitrogen and oxygen atoms in total. The van der Waals surface area contributed by atoms with Gasteiger partial charge in [0, 0.05) is 31.9 Å². The highest BCUT2D eigenvalue weighted by Gasteiger charge is 2.40. The number of alkyl carbamates (subject to hydrolysis) is 2. The predicted molar refractivity (Wildman–Crippen MR) is 277 cm³/mol. The molecular formula is C54H73FN10O6. The number of imidazole rings is 1. The van der Waals surface area contributed by atoms with Crippen molar-refractivity contribution in [3.8, 4) is 12.8 Å². The Kier molecular flexibility index (Phi) is 17.2. The lowest BCUT2D eigenvalue weighted by Crippen LogP contribution is -2.51. The number of carbonyl (C=O) groups excluding carboxylic acids is 4. The maximum Gasteiger partial charge on any atom is 0.407 e. The number of nitrogens with one attached hydrogen (secondary N) is 6. The van der Waals surface area contributed by atoms with Gasteiger partial charge in [-0.15, -0.1) is 12.8 Å². The third-order valence-electron chi connectivity index (χ3n) is 14.5. The maximum absolute atomic E-state index is 16.6. The summed E-state index contributed by atoms with van der Waals surface area (Å²) in [4.78, 5) is 65.7. The molecule has 0 aliphatic carbocycles. The number of aryl methyl sites for hydroxylation is 1. The van der Waals surface area contributed by atoms with Crippen LogP contribution in [0.1, 0.15) is 133 Å². The molecule has 0 saturated carbocycles.